The second-order valence-corrected chi connectivity index (χ2v) is 12.4. The van der Waals surface area contributed by atoms with E-state index in [0.29, 0.717) is 12.8 Å². The molecule has 0 fully saturated rings. The van der Waals surface area contributed by atoms with Crippen LogP contribution in [-0.4, -0.2) is 57.4 Å². The first kappa shape index (κ1) is 44.5. The first-order chi connectivity index (χ1) is 20.2. The van der Waals surface area contributed by atoms with Crippen LogP contribution in [0.4, 0.5) is 0 Å². The van der Waals surface area contributed by atoms with Crippen LogP contribution in [0.3, 0.4) is 0 Å². The van der Waals surface area contributed by atoms with Crippen molar-refractivity contribution in [2.45, 2.75) is 219 Å². The molecule has 0 radical (unpaired) electrons. The third kappa shape index (κ3) is 38.4. The van der Waals surface area contributed by atoms with E-state index in [1.807, 2.05) is 0 Å². The van der Waals surface area contributed by atoms with Crippen molar-refractivity contribution < 1.29 is 24.4 Å². The van der Waals surface area contributed by atoms with Crippen molar-refractivity contribution in [3.63, 3.8) is 0 Å². The fourth-order valence-electron chi connectivity index (χ4n) is 5.46. The monoisotopic (exact) mass is 670 g/mol. The largest absolute Gasteiger partial charge is 2.00 e. The van der Waals surface area contributed by atoms with Crippen LogP contribution in [0.5, 0.6) is 0 Å². The van der Waals surface area contributed by atoms with E-state index in [9.17, 15) is 9.59 Å². The summed E-state index contributed by atoms with van der Waals surface area (Å²) in [5.41, 5.74) is 0. The molecule has 0 aliphatic carbocycles. The molecular formula is C36H70O5Sr+2. The van der Waals surface area contributed by atoms with E-state index >= 15 is 0 Å². The average molecular weight is 671 g/mol. The molecule has 42 heavy (non-hydrogen) atoms. The van der Waals surface area contributed by atoms with Crippen LogP contribution >= 0.6 is 0 Å². The van der Waals surface area contributed by atoms with Crippen LogP contribution in [0, 0.1) is 0 Å². The molecule has 0 N–H and O–H groups in total. The van der Waals surface area contributed by atoms with Gasteiger partial charge in [0.25, 0.3) is 0 Å². The standard InChI is InChI=1S/C36H70O5.Sr/c1-3-5-7-9-11-13-15-17-19-21-23-25-27-29-31-33-35(37)39-41-40-36(38)34-32-30-28-26-24-22-20-18-16-14-12-10-8-6-4-2;/h3-34H2,1-2H3;/q;+2. The number of carbonyl (C=O) groups is 2. The summed E-state index contributed by atoms with van der Waals surface area (Å²) in [7, 11) is 0. The van der Waals surface area contributed by atoms with E-state index < -0.39 is 11.9 Å². The fourth-order valence-corrected chi connectivity index (χ4v) is 5.46. The van der Waals surface area contributed by atoms with Gasteiger partial charge >= 0.3 is 57.4 Å². The van der Waals surface area contributed by atoms with E-state index in [-0.39, 0.29) is 45.5 Å². The minimum atomic E-state index is -0.473. The first-order valence-electron chi connectivity index (χ1n) is 18.3. The van der Waals surface area contributed by atoms with E-state index in [2.05, 4.69) is 28.7 Å². The van der Waals surface area contributed by atoms with Crippen LogP contribution in [0.25, 0.3) is 0 Å². The summed E-state index contributed by atoms with van der Waals surface area (Å²) >= 11 is 0. The number of carbonyl (C=O) groups excluding carboxylic acids is 2. The third-order valence-electron chi connectivity index (χ3n) is 8.22. The molecule has 0 amide bonds. The zero-order chi connectivity index (χ0) is 29.9. The maximum atomic E-state index is 11.7. The Morgan fingerprint density at radius 1 is 0.333 bits per heavy atom. The number of hydrogen-bond donors (Lipinski definition) is 0. The van der Waals surface area contributed by atoms with Gasteiger partial charge in [0.1, 0.15) is 0 Å². The van der Waals surface area contributed by atoms with Crippen molar-refractivity contribution in [3.8, 4) is 0 Å². The Labute approximate surface area is 298 Å². The minimum absolute atomic E-state index is 0. The van der Waals surface area contributed by atoms with E-state index in [1.165, 1.54) is 154 Å². The van der Waals surface area contributed by atoms with Gasteiger partial charge in [-0.05, 0) is 12.8 Å². The Morgan fingerprint density at radius 3 is 0.738 bits per heavy atom. The van der Waals surface area contributed by atoms with E-state index in [1.54, 1.807) is 0 Å². The molecule has 5 nitrogen and oxygen atoms in total. The molecule has 0 aromatic rings. The second-order valence-electron chi connectivity index (χ2n) is 12.4. The Bertz CT molecular complexity index is 497. The molecule has 0 rings (SSSR count). The molecular weight excluding hydrogens is 600 g/mol. The van der Waals surface area contributed by atoms with Crippen molar-refractivity contribution in [2.24, 2.45) is 0 Å². The third-order valence-corrected chi connectivity index (χ3v) is 8.22. The van der Waals surface area contributed by atoms with E-state index in [4.69, 9.17) is 0 Å². The molecule has 0 aromatic heterocycles. The van der Waals surface area contributed by atoms with Crippen molar-refractivity contribution in [1.82, 2.24) is 0 Å². The maximum Gasteiger partial charge on any atom is 2.00 e. The number of hydrogen-bond acceptors (Lipinski definition) is 5. The first-order valence-corrected chi connectivity index (χ1v) is 18.3. The van der Waals surface area contributed by atoms with Gasteiger partial charge in [0, 0.05) is 17.9 Å². The fraction of sp³-hybridized carbons (Fsp3) is 0.944. The van der Waals surface area contributed by atoms with Crippen LogP contribution in [0.2, 0.25) is 0 Å². The van der Waals surface area contributed by atoms with E-state index in [0.717, 1.165) is 38.5 Å². The summed E-state index contributed by atoms with van der Waals surface area (Å²) in [6.07, 6.45) is 39.2. The van der Waals surface area contributed by atoms with Crippen molar-refractivity contribution >= 4 is 57.4 Å². The smallest absolute Gasteiger partial charge is 0.260 e. The molecule has 0 unspecified atom stereocenters. The maximum absolute atomic E-state index is 11.7. The Hall–Kier alpha value is 0.381. The molecule has 0 aliphatic heterocycles. The summed E-state index contributed by atoms with van der Waals surface area (Å²) in [6, 6.07) is 0. The zero-order valence-corrected chi connectivity index (χ0v) is 31.9. The van der Waals surface area contributed by atoms with Gasteiger partial charge < -0.3 is 0 Å². The van der Waals surface area contributed by atoms with Gasteiger partial charge in [0.05, 0.1) is 0 Å². The minimum Gasteiger partial charge on any atom is -0.260 e. The average Bonchev–Trinajstić information content (AvgIpc) is 2.97. The molecule has 244 valence electrons. The summed E-state index contributed by atoms with van der Waals surface area (Å²) in [6.45, 7) is 4.54. The molecule has 6 heteroatoms. The van der Waals surface area contributed by atoms with Crippen molar-refractivity contribution in [1.29, 1.82) is 0 Å². The Balaban J connectivity index is 0. The molecule has 0 heterocycles. The number of unbranched alkanes of at least 4 members (excludes halogenated alkanes) is 28. The van der Waals surface area contributed by atoms with Gasteiger partial charge in [-0.15, -0.1) is 0 Å². The molecule has 0 aromatic carbocycles. The van der Waals surface area contributed by atoms with Gasteiger partial charge in [-0.2, -0.15) is 0 Å². The van der Waals surface area contributed by atoms with Crippen LogP contribution < -0.4 is 0 Å². The summed E-state index contributed by atoms with van der Waals surface area (Å²) in [5, 5.41) is 4.41. The van der Waals surface area contributed by atoms with Gasteiger partial charge in [-0.25, -0.2) is 9.59 Å². The summed E-state index contributed by atoms with van der Waals surface area (Å²) in [4.78, 5) is 32.6. The quantitative estimate of drug-likeness (QED) is 0.0295. The summed E-state index contributed by atoms with van der Waals surface area (Å²) < 4.78 is 0. The van der Waals surface area contributed by atoms with Crippen LogP contribution in [0.15, 0.2) is 0 Å². The molecule has 0 aliphatic rings. The molecule has 0 bridgehead atoms. The normalized spacial score (nSPS) is 10.9. The molecule has 0 atom stereocenters. The molecule has 0 saturated carbocycles. The van der Waals surface area contributed by atoms with Crippen LogP contribution in [-0.2, 0) is 24.4 Å². The van der Waals surface area contributed by atoms with Crippen LogP contribution in [0.1, 0.15) is 219 Å². The second kappa shape index (κ2) is 39.4. The van der Waals surface area contributed by atoms with Crippen molar-refractivity contribution in [2.75, 3.05) is 0 Å². The number of rotatable bonds is 34. The zero-order valence-electron chi connectivity index (χ0n) is 28.4. The SMILES string of the molecule is CCCCCCCCCCCCCCCCCC(=O)OOOC(=O)CCCCCCCCCCCCCCCCC.[Sr+2]. The Kier molecular flexibility index (Phi) is 41.8. The van der Waals surface area contributed by atoms with Gasteiger partial charge in [-0.3, -0.25) is 9.78 Å². The Morgan fingerprint density at radius 2 is 0.524 bits per heavy atom. The van der Waals surface area contributed by atoms with Gasteiger partial charge in [0.2, 0.25) is 0 Å². The predicted molar refractivity (Wildman–Crippen MR) is 178 cm³/mol. The summed E-state index contributed by atoms with van der Waals surface area (Å²) in [5.74, 6) is -0.945. The van der Waals surface area contributed by atoms with Gasteiger partial charge in [-0.1, -0.05) is 194 Å². The molecule has 0 saturated heterocycles. The van der Waals surface area contributed by atoms with Crippen molar-refractivity contribution in [3.05, 3.63) is 0 Å². The predicted octanol–water partition coefficient (Wildman–Crippen LogP) is 12.1. The molecule has 0 spiro atoms. The topological polar surface area (TPSA) is 61.8 Å². The van der Waals surface area contributed by atoms with Gasteiger partial charge in [0.15, 0.2) is 0 Å².